The lowest BCUT2D eigenvalue weighted by molar-refractivity contribution is 0.306. The molecule has 0 aliphatic heterocycles. The second-order valence-electron chi connectivity index (χ2n) is 8.59. The zero-order chi connectivity index (χ0) is 27.2. The predicted octanol–water partition coefficient (Wildman–Crippen LogP) is 6.60. The van der Waals surface area contributed by atoms with Gasteiger partial charge in [0, 0.05) is 17.3 Å². The van der Waals surface area contributed by atoms with E-state index < -0.39 is 9.84 Å². The molecule has 0 saturated carbocycles. The number of hydrogen-bond acceptors (Lipinski definition) is 5. The molecule has 39 heavy (non-hydrogen) atoms. The van der Waals surface area contributed by atoms with Crippen molar-refractivity contribution in [3.8, 4) is 28.8 Å². The van der Waals surface area contributed by atoms with Crippen molar-refractivity contribution < 1.29 is 17.5 Å². The zero-order valence-electron chi connectivity index (χ0n) is 20.6. The van der Waals surface area contributed by atoms with Gasteiger partial charge in [-0.1, -0.05) is 48.5 Å². The van der Waals surface area contributed by atoms with Crippen LogP contribution in [0, 0.1) is 17.1 Å². The van der Waals surface area contributed by atoms with E-state index in [1.54, 1.807) is 53.3 Å². The minimum atomic E-state index is -4.03. The molecule has 192 valence electrons. The Labute approximate surface area is 225 Å². The molecule has 0 aliphatic carbocycles. The van der Waals surface area contributed by atoms with Gasteiger partial charge in [-0.2, -0.15) is 10.4 Å². The van der Waals surface area contributed by atoms with E-state index >= 15 is 0 Å². The molecule has 8 heteroatoms. The first-order valence-electron chi connectivity index (χ1n) is 12.0. The fraction of sp³-hybridized carbons (Fsp3) is 0.0323. The van der Waals surface area contributed by atoms with Crippen LogP contribution in [0.5, 0.6) is 5.75 Å². The van der Waals surface area contributed by atoms with Gasteiger partial charge in [-0.05, 0) is 72.3 Å². The van der Waals surface area contributed by atoms with Gasteiger partial charge in [-0.15, -0.1) is 0 Å². The highest BCUT2D eigenvalue weighted by molar-refractivity contribution is 7.95. The lowest BCUT2D eigenvalue weighted by Gasteiger charge is -2.07. The molecule has 1 heterocycles. The van der Waals surface area contributed by atoms with Crippen LogP contribution >= 0.6 is 0 Å². The van der Waals surface area contributed by atoms with Gasteiger partial charge >= 0.3 is 0 Å². The third kappa shape index (κ3) is 5.79. The number of nitriles is 1. The zero-order valence-corrected chi connectivity index (χ0v) is 21.4. The molecular formula is C31H22FN3O3S. The quantitative estimate of drug-likeness (QED) is 0.209. The molecule has 1 aromatic heterocycles. The molecule has 0 spiro atoms. The number of hydrogen-bond donors (Lipinski definition) is 0. The van der Waals surface area contributed by atoms with Crippen LogP contribution in [-0.4, -0.2) is 18.2 Å². The minimum Gasteiger partial charge on any atom is -0.489 e. The lowest BCUT2D eigenvalue weighted by atomic mass is 10.1. The highest BCUT2D eigenvalue weighted by atomic mass is 32.2. The Morgan fingerprint density at radius 2 is 1.54 bits per heavy atom. The third-order valence-electron chi connectivity index (χ3n) is 5.95. The molecule has 5 rings (SSSR count). The van der Waals surface area contributed by atoms with Crippen molar-refractivity contribution in [2.45, 2.75) is 11.5 Å². The number of para-hydroxylation sites is 1. The SMILES string of the molecule is N#C/C(=C/c1cn(-c2ccccc2)nc1-c1ccc(OCc2ccc(F)cc2)cc1)S(=O)(=O)c1ccccc1. The van der Waals surface area contributed by atoms with Gasteiger partial charge in [0.05, 0.1) is 10.6 Å². The van der Waals surface area contributed by atoms with Crippen LogP contribution < -0.4 is 4.74 Å². The average Bonchev–Trinajstić information content (AvgIpc) is 3.40. The Hall–Kier alpha value is -5.00. The highest BCUT2D eigenvalue weighted by Gasteiger charge is 2.22. The van der Waals surface area contributed by atoms with Crippen molar-refractivity contribution in [2.24, 2.45) is 0 Å². The van der Waals surface area contributed by atoms with Crippen molar-refractivity contribution in [1.82, 2.24) is 9.78 Å². The van der Waals surface area contributed by atoms with Crippen LogP contribution in [0.25, 0.3) is 23.0 Å². The molecular weight excluding hydrogens is 513 g/mol. The summed E-state index contributed by atoms with van der Waals surface area (Å²) >= 11 is 0. The Morgan fingerprint density at radius 3 is 2.18 bits per heavy atom. The lowest BCUT2D eigenvalue weighted by Crippen LogP contribution is -2.03. The summed E-state index contributed by atoms with van der Waals surface area (Å²) in [6.07, 6.45) is 3.05. The van der Waals surface area contributed by atoms with Crippen LogP contribution in [0.1, 0.15) is 11.1 Å². The molecule has 5 aromatic rings. The standard InChI is InChI=1S/C31H22FN3O3S/c32-26-15-11-23(12-16-26)22-38-28-17-13-24(14-18-28)31-25(21-35(34-31)27-7-3-1-4-8-27)19-30(20-33)39(36,37)29-9-5-2-6-10-29/h1-19,21H,22H2/b30-19-. The molecule has 6 nitrogen and oxygen atoms in total. The number of ether oxygens (including phenoxy) is 1. The van der Waals surface area contributed by atoms with Gasteiger partial charge < -0.3 is 4.74 Å². The molecule has 0 atom stereocenters. The fourth-order valence-corrected chi connectivity index (χ4v) is 5.10. The first kappa shape index (κ1) is 25.6. The number of rotatable bonds is 8. The smallest absolute Gasteiger partial charge is 0.216 e. The summed E-state index contributed by atoms with van der Waals surface area (Å²) in [5.74, 6) is 0.297. The summed E-state index contributed by atoms with van der Waals surface area (Å²) in [7, 11) is -4.03. The fourth-order valence-electron chi connectivity index (χ4n) is 3.92. The van der Waals surface area contributed by atoms with Gasteiger partial charge in [-0.25, -0.2) is 17.5 Å². The normalized spacial score (nSPS) is 11.6. The van der Waals surface area contributed by atoms with E-state index in [1.165, 1.54) is 30.3 Å². The van der Waals surface area contributed by atoms with Gasteiger partial charge in [-0.3, -0.25) is 0 Å². The summed E-state index contributed by atoms with van der Waals surface area (Å²) in [5, 5.41) is 14.5. The third-order valence-corrected chi connectivity index (χ3v) is 7.63. The second kappa shape index (κ2) is 11.2. The van der Waals surface area contributed by atoms with E-state index in [-0.39, 0.29) is 22.2 Å². The van der Waals surface area contributed by atoms with Crippen LogP contribution in [0.2, 0.25) is 0 Å². The summed E-state index contributed by atoms with van der Waals surface area (Å²) in [6.45, 7) is 0.277. The monoisotopic (exact) mass is 535 g/mol. The number of aromatic nitrogens is 2. The molecule has 0 fully saturated rings. The summed E-state index contributed by atoms with van der Waals surface area (Å²) < 4.78 is 47.0. The van der Waals surface area contributed by atoms with Crippen molar-refractivity contribution in [3.05, 3.63) is 137 Å². The maximum absolute atomic E-state index is 13.2. The summed E-state index contributed by atoms with van der Waals surface area (Å²) in [5.41, 5.74) is 3.29. The average molecular weight is 536 g/mol. The second-order valence-corrected chi connectivity index (χ2v) is 10.5. The number of nitrogens with zero attached hydrogens (tertiary/aromatic N) is 3. The maximum Gasteiger partial charge on any atom is 0.216 e. The Morgan fingerprint density at radius 1 is 0.897 bits per heavy atom. The molecule has 0 unspecified atom stereocenters. The topological polar surface area (TPSA) is 85.0 Å². The number of sulfone groups is 1. The molecule has 4 aromatic carbocycles. The Balaban J connectivity index is 1.50. The molecule has 0 radical (unpaired) electrons. The van der Waals surface area contributed by atoms with Crippen LogP contribution in [-0.2, 0) is 16.4 Å². The van der Waals surface area contributed by atoms with Crippen LogP contribution in [0.15, 0.2) is 125 Å². The van der Waals surface area contributed by atoms with E-state index in [0.717, 1.165) is 11.3 Å². The maximum atomic E-state index is 13.2. The predicted molar refractivity (Wildman–Crippen MR) is 147 cm³/mol. The Kier molecular flexibility index (Phi) is 7.34. The molecule has 0 bridgehead atoms. The molecule has 0 saturated heterocycles. The van der Waals surface area contributed by atoms with E-state index in [0.29, 0.717) is 22.6 Å². The Bertz CT molecular complexity index is 1760. The molecule has 0 aliphatic rings. The summed E-state index contributed by atoms with van der Waals surface area (Å²) in [4.78, 5) is -0.348. The van der Waals surface area contributed by atoms with Crippen LogP contribution in [0.4, 0.5) is 4.39 Å². The van der Waals surface area contributed by atoms with Crippen molar-refractivity contribution in [3.63, 3.8) is 0 Å². The van der Waals surface area contributed by atoms with E-state index in [9.17, 15) is 18.1 Å². The molecule has 0 N–H and O–H groups in total. The number of allylic oxidation sites excluding steroid dienone is 1. The largest absolute Gasteiger partial charge is 0.489 e. The van der Waals surface area contributed by atoms with Gasteiger partial charge in [0.1, 0.15) is 34.8 Å². The van der Waals surface area contributed by atoms with Crippen molar-refractivity contribution in [2.75, 3.05) is 0 Å². The minimum absolute atomic E-state index is 0.0393. The highest BCUT2D eigenvalue weighted by Crippen LogP contribution is 2.29. The van der Waals surface area contributed by atoms with Crippen molar-refractivity contribution >= 4 is 15.9 Å². The summed E-state index contributed by atoms with van der Waals surface area (Å²) in [6, 6.07) is 32.4. The van der Waals surface area contributed by atoms with Crippen molar-refractivity contribution in [1.29, 1.82) is 5.26 Å². The first-order valence-corrected chi connectivity index (χ1v) is 13.5. The van der Waals surface area contributed by atoms with Gasteiger partial charge in [0.2, 0.25) is 9.84 Å². The van der Waals surface area contributed by atoms with Gasteiger partial charge in [0.25, 0.3) is 0 Å². The van der Waals surface area contributed by atoms with Crippen LogP contribution in [0.3, 0.4) is 0 Å². The van der Waals surface area contributed by atoms with E-state index in [4.69, 9.17) is 9.84 Å². The number of benzene rings is 4. The molecule has 0 amide bonds. The first-order chi connectivity index (χ1) is 18.9. The van der Waals surface area contributed by atoms with E-state index in [2.05, 4.69) is 0 Å². The van der Waals surface area contributed by atoms with E-state index in [1.807, 2.05) is 48.5 Å². The number of halogens is 1. The van der Waals surface area contributed by atoms with Gasteiger partial charge in [0.15, 0.2) is 0 Å².